The SMILES string of the molecule is CN(C)C(c1ccccc1)c1ccccc1-c1c(O)c2ccc(Cl)cc2[nH]c1=O. The monoisotopic (exact) mass is 404 g/mol. The van der Waals surface area contributed by atoms with E-state index in [-0.39, 0.29) is 22.9 Å². The maximum absolute atomic E-state index is 13.0. The van der Waals surface area contributed by atoms with Gasteiger partial charge in [-0.15, -0.1) is 0 Å². The smallest absolute Gasteiger partial charge is 0.260 e. The van der Waals surface area contributed by atoms with Crippen molar-refractivity contribution in [3.63, 3.8) is 0 Å². The van der Waals surface area contributed by atoms with E-state index in [1.165, 1.54) is 0 Å². The number of aromatic nitrogens is 1. The molecule has 4 rings (SSSR count). The van der Waals surface area contributed by atoms with Gasteiger partial charge in [0.2, 0.25) is 0 Å². The summed E-state index contributed by atoms with van der Waals surface area (Å²) in [6.45, 7) is 0. The number of benzene rings is 3. The summed E-state index contributed by atoms with van der Waals surface area (Å²) in [4.78, 5) is 17.9. The lowest BCUT2D eigenvalue weighted by atomic mass is 9.90. The van der Waals surface area contributed by atoms with Gasteiger partial charge in [0, 0.05) is 10.4 Å². The summed E-state index contributed by atoms with van der Waals surface area (Å²) in [6, 6.07) is 22.8. The molecule has 146 valence electrons. The van der Waals surface area contributed by atoms with Crippen LogP contribution >= 0.6 is 11.6 Å². The van der Waals surface area contributed by atoms with Crippen LogP contribution in [0.4, 0.5) is 0 Å². The number of rotatable bonds is 4. The Morgan fingerprint density at radius 2 is 1.66 bits per heavy atom. The van der Waals surface area contributed by atoms with Gasteiger partial charge in [0.05, 0.1) is 17.1 Å². The van der Waals surface area contributed by atoms with Gasteiger partial charge in [-0.25, -0.2) is 0 Å². The Kier molecular flexibility index (Phi) is 5.14. The molecule has 5 heteroatoms. The highest BCUT2D eigenvalue weighted by Crippen LogP contribution is 2.39. The van der Waals surface area contributed by atoms with E-state index in [2.05, 4.69) is 22.0 Å². The Hall–Kier alpha value is -3.08. The quantitative estimate of drug-likeness (QED) is 0.491. The van der Waals surface area contributed by atoms with Gasteiger partial charge in [0.1, 0.15) is 5.75 Å². The zero-order valence-corrected chi connectivity index (χ0v) is 16.9. The molecular weight excluding hydrogens is 384 g/mol. The van der Waals surface area contributed by atoms with E-state index in [0.29, 0.717) is 21.5 Å². The van der Waals surface area contributed by atoms with Crippen LogP contribution in [-0.2, 0) is 0 Å². The summed E-state index contributed by atoms with van der Waals surface area (Å²) in [6.07, 6.45) is 0. The highest BCUT2D eigenvalue weighted by atomic mass is 35.5. The number of hydrogen-bond donors (Lipinski definition) is 2. The van der Waals surface area contributed by atoms with E-state index in [4.69, 9.17) is 11.6 Å². The predicted octanol–water partition coefficient (Wildman–Crippen LogP) is 5.21. The van der Waals surface area contributed by atoms with Crippen LogP contribution in [0.1, 0.15) is 17.2 Å². The van der Waals surface area contributed by atoms with Crippen molar-refractivity contribution in [3.05, 3.63) is 99.3 Å². The minimum absolute atomic E-state index is 0.0431. The highest BCUT2D eigenvalue weighted by Gasteiger charge is 2.23. The van der Waals surface area contributed by atoms with Crippen molar-refractivity contribution in [1.29, 1.82) is 0 Å². The standard InChI is InChI=1S/C24H21ClN2O2/c1-27(2)22(15-8-4-3-5-9-15)18-11-7-6-10-17(18)21-23(28)19-13-12-16(25)14-20(19)26-24(21)29/h3-14,22H,1-2H3,(H2,26,28,29). The average Bonchev–Trinajstić information content (AvgIpc) is 2.69. The van der Waals surface area contributed by atoms with Crippen LogP contribution in [0.15, 0.2) is 77.6 Å². The number of fused-ring (bicyclic) bond motifs is 1. The van der Waals surface area contributed by atoms with Crippen molar-refractivity contribution < 1.29 is 5.11 Å². The maximum atomic E-state index is 13.0. The fourth-order valence-electron chi connectivity index (χ4n) is 3.86. The molecule has 0 radical (unpaired) electrons. The topological polar surface area (TPSA) is 56.3 Å². The number of H-pyrrole nitrogens is 1. The third-order valence-corrected chi connectivity index (χ3v) is 5.34. The summed E-state index contributed by atoms with van der Waals surface area (Å²) < 4.78 is 0. The molecule has 1 atom stereocenters. The van der Waals surface area contributed by atoms with Gasteiger partial charge in [0.15, 0.2) is 0 Å². The predicted molar refractivity (Wildman–Crippen MR) is 119 cm³/mol. The van der Waals surface area contributed by atoms with Crippen LogP contribution in [0, 0.1) is 0 Å². The Morgan fingerprint density at radius 1 is 0.966 bits per heavy atom. The molecule has 4 aromatic rings. The fraction of sp³-hybridized carbons (Fsp3) is 0.125. The van der Waals surface area contributed by atoms with Gasteiger partial charge in [-0.05, 0) is 49.0 Å². The maximum Gasteiger partial charge on any atom is 0.260 e. The zero-order chi connectivity index (χ0) is 20.5. The number of nitrogens with zero attached hydrogens (tertiary/aromatic N) is 1. The van der Waals surface area contributed by atoms with Gasteiger partial charge in [-0.1, -0.05) is 66.2 Å². The van der Waals surface area contributed by atoms with Crippen molar-refractivity contribution in [3.8, 4) is 16.9 Å². The van der Waals surface area contributed by atoms with Crippen molar-refractivity contribution in [2.45, 2.75) is 6.04 Å². The molecular formula is C24H21ClN2O2. The molecule has 1 unspecified atom stereocenters. The van der Waals surface area contributed by atoms with Crippen LogP contribution in [0.2, 0.25) is 5.02 Å². The van der Waals surface area contributed by atoms with E-state index in [0.717, 1.165) is 11.1 Å². The first-order valence-corrected chi connectivity index (χ1v) is 9.70. The zero-order valence-electron chi connectivity index (χ0n) is 16.2. The van der Waals surface area contributed by atoms with Gasteiger partial charge in [-0.3, -0.25) is 9.69 Å². The first-order valence-electron chi connectivity index (χ1n) is 9.32. The third kappa shape index (κ3) is 3.53. The molecule has 0 spiro atoms. The highest BCUT2D eigenvalue weighted by molar-refractivity contribution is 6.31. The lowest BCUT2D eigenvalue weighted by Gasteiger charge is -2.27. The van der Waals surface area contributed by atoms with Gasteiger partial charge in [0.25, 0.3) is 5.56 Å². The molecule has 3 aromatic carbocycles. The lowest BCUT2D eigenvalue weighted by Crippen LogP contribution is -2.22. The molecule has 4 nitrogen and oxygen atoms in total. The van der Waals surface area contributed by atoms with Gasteiger partial charge in [-0.2, -0.15) is 0 Å². The summed E-state index contributed by atoms with van der Waals surface area (Å²) in [5.74, 6) is -0.0431. The second-order valence-electron chi connectivity index (χ2n) is 7.23. The number of pyridine rings is 1. The van der Waals surface area contributed by atoms with E-state index >= 15 is 0 Å². The Bertz CT molecular complexity index is 1230. The number of aromatic hydroxyl groups is 1. The van der Waals surface area contributed by atoms with E-state index in [9.17, 15) is 9.90 Å². The third-order valence-electron chi connectivity index (χ3n) is 5.11. The molecule has 0 saturated carbocycles. The molecule has 0 aliphatic heterocycles. The lowest BCUT2D eigenvalue weighted by molar-refractivity contribution is 0.343. The average molecular weight is 405 g/mol. The van der Waals surface area contributed by atoms with Crippen molar-refractivity contribution in [2.24, 2.45) is 0 Å². The van der Waals surface area contributed by atoms with Gasteiger partial charge >= 0.3 is 0 Å². The van der Waals surface area contributed by atoms with Crippen molar-refractivity contribution >= 4 is 22.5 Å². The van der Waals surface area contributed by atoms with E-state index in [1.807, 2.05) is 56.6 Å². The Balaban J connectivity index is 1.99. The number of nitrogens with one attached hydrogen (secondary N) is 1. The van der Waals surface area contributed by atoms with Gasteiger partial charge < -0.3 is 10.1 Å². The van der Waals surface area contributed by atoms with Crippen LogP contribution in [0.5, 0.6) is 5.75 Å². The first-order chi connectivity index (χ1) is 14.0. The minimum Gasteiger partial charge on any atom is -0.506 e. The second kappa shape index (κ2) is 7.74. The molecule has 0 aliphatic rings. The summed E-state index contributed by atoms with van der Waals surface area (Å²) in [5, 5.41) is 12.1. The number of hydrogen-bond acceptors (Lipinski definition) is 3. The minimum atomic E-state index is -0.352. The number of aromatic amines is 1. The van der Waals surface area contributed by atoms with Crippen molar-refractivity contribution in [1.82, 2.24) is 9.88 Å². The van der Waals surface area contributed by atoms with E-state index in [1.54, 1.807) is 18.2 Å². The molecule has 0 bridgehead atoms. The molecule has 0 aliphatic carbocycles. The Morgan fingerprint density at radius 3 is 2.38 bits per heavy atom. The van der Waals surface area contributed by atoms with Crippen LogP contribution in [0.25, 0.3) is 22.0 Å². The van der Waals surface area contributed by atoms with Crippen molar-refractivity contribution in [2.75, 3.05) is 14.1 Å². The molecule has 1 aromatic heterocycles. The molecule has 0 saturated heterocycles. The summed E-state index contributed by atoms with van der Waals surface area (Å²) in [5.41, 5.74) is 3.17. The normalized spacial score (nSPS) is 12.4. The molecule has 0 fully saturated rings. The first kappa shape index (κ1) is 19.2. The molecule has 0 amide bonds. The second-order valence-corrected chi connectivity index (χ2v) is 7.67. The molecule has 2 N–H and O–H groups in total. The molecule has 29 heavy (non-hydrogen) atoms. The number of halogens is 1. The Labute approximate surface area is 174 Å². The fourth-order valence-corrected chi connectivity index (χ4v) is 4.03. The summed E-state index contributed by atoms with van der Waals surface area (Å²) in [7, 11) is 4.00. The van der Waals surface area contributed by atoms with E-state index < -0.39 is 0 Å². The van der Waals surface area contributed by atoms with Crippen LogP contribution in [-0.4, -0.2) is 29.1 Å². The molecule has 1 heterocycles. The van der Waals surface area contributed by atoms with Crippen LogP contribution in [0.3, 0.4) is 0 Å². The summed E-state index contributed by atoms with van der Waals surface area (Å²) >= 11 is 6.04. The largest absolute Gasteiger partial charge is 0.506 e. The van der Waals surface area contributed by atoms with Crippen LogP contribution < -0.4 is 5.56 Å².